The van der Waals surface area contributed by atoms with E-state index in [1.807, 2.05) is 6.92 Å². The highest BCUT2D eigenvalue weighted by Crippen LogP contribution is 2.00. The van der Waals surface area contributed by atoms with Gasteiger partial charge in [-0.05, 0) is 6.92 Å². The third kappa shape index (κ3) is 0.641. The molecule has 0 unspecified atom stereocenters. The molecule has 0 radical (unpaired) electrons. The molecule has 4 nitrogen and oxygen atoms in total. The topological polar surface area (TPSA) is 50.9 Å². The maximum Gasteiger partial charge on any atom is 0.229 e. The molecule has 1 N–H and O–H groups in total. The number of rotatable bonds is 1. The van der Waals surface area contributed by atoms with Crippen LogP contribution in [0.2, 0.25) is 0 Å². The zero-order valence-electron chi connectivity index (χ0n) is 4.57. The fraction of sp³-hybridized carbons (Fsp3) is 0.500. The Morgan fingerprint density at radius 2 is 2.62 bits per heavy atom. The number of hydrogen-bond acceptors (Lipinski definition) is 3. The highest BCUT2D eigenvalue weighted by molar-refractivity contribution is 4.96. The first-order valence-corrected chi connectivity index (χ1v) is 2.42. The molecule has 0 saturated heterocycles. The standard InChI is InChI=1S/C4H7N3O/c1-2-7-4(8)3-5-6-7/h3,8H,2H2,1H3. The highest BCUT2D eigenvalue weighted by atomic mass is 16.3. The van der Waals surface area contributed by atoms with Gasteiger partial charge in [0.2, 0.25) is 5.88 Å². The minimum atomic E-state index is 0.118. The zero-order chi connectivity index (χ0) is 5.98. The Morgan fingerprint density at radius 3 is 2.88 bits per heavy atom. The highest BCUT2D eigenvalue weighted by Gasteiger charge is 1.93. The van der Waals surface area contributed by atoms with Gasteiger partial charge in [0, 0.05) is 6.54 Å². The molecular weight excluding hydrogens is 106 g/mol. The van der Waals surface area contributed by atoms with Gasteiger partial charge < -0.3 is 5.11 Å². The van der Waals surface area contributed by atoms with Crippen LogP contribution in [0.4, 0.5) is 0 Å². The smallest absolute Gasteiger partial charge is 0.229 e. The number of aromatic nitrogens is 3. The summed E-state index contributed by atoms with van der Waals surface area (Å²) in [6, 6.07) is 0. The summed E-state index contributed by atoms with van der Waals surface area (Å²) in [5, 5.41) is 15.8. The minimum Gasteiger partial charge on any atom is -0.492 e. The summed E-state index contributed by atoms with van der Waals surface area (Å²) >= 11 is 0. The Morgan fingerprint density at radius 1 is 1.88 bits per heavy atom. The molecule has 44 valence electrons. The van der Waals surface area contributed by atoms with Crippen molar-refractivity contribution >= 4 is 0 Å². The van der Waals surface area contributed by atoms with Crippen LogP contribution in [-0.4, -0.2) is 20.1 Å². The SMILES string of the molecule is CCn1nncc1O. The lowest BCUT2D eigenvalue weighted by Crippen LogP contribution is -1.94. The van der Waals surface area contributed by atoms with Crippen LogP contribution >= 0.6 is 0 Å². The molecule has 4 heteroatoms. The molecule has 0 amide bonds. The first-order chi connectivity index (χ1) is 3.84. The van der Waals surface area contributed by atoms with Gasteiger partial charge in [-0.3, -0.25) is 0 Å². The summed E-state index contributed by atoms with van der Waals surface area (Å²) < 4.78 is 1.40. The molecule has 0 aliphatic carbocycles. The second kappa shape index (κ2) is 1.81. The average molecular weight is 113 g/mol. The molecule has 0 aliphatic heterocycles. The molecule has 0 spiro atoms. The Labute approximate surface area is 46.8 Å². The minimum absolute atomic E-state index is 0.118. The Balaban J connectivity index is 2.92. The summed E-state index contributed by atoms with van der Waals surface area (Å²) in [6.07, 6.45) is 1.31. The van der Waals surface area contributed by atoms with Gasteiger partial charge in [0.05, 0.1) is 0 Å². The summed E-state index contributed by atoms with van der Waals surface area (Å²) in [7, 11) is 0. The van der Waals surface area contributed by atoms with Gasteiger partial charge in [0.25, 0.3) is 0 Å². The maximum absolute atomic E-state index is 8.79. The molecule has 0 aromatic carbocycles. The van der Waals surface area contributed by atoms with E-state index in [4.69, 9.17) is 5.11 Å². The molecule has 0 bridgehead atoms. The van der Waals surface area contributed by atoms with Crippen molar-refractivity contribution in [3.05, 3.63) is 6.20 Å². The van der Waals surface area contributed by atoms with Gasteiger partial charge in [-0.1, -0.05) is 5.21 Å². The van der Waals surface area contributed by atoms with E-state index in [0.29, 0.717) is 6.54 Å². The van der Waals surface area contributed by atoms with E-state index in [2.05, 4.69) is 10.3 Å². The molecule has 1 aromatic heterocycles. The van der Waals surface area contributed by atoms with Crippen molar-refractivity contribution in [1.29, 1.82) is 0 Å². The second-order valence-electron chi connectivity index (χ2n) is 1.41. The lowest BCUT2D eigenvalue weighted by atomic mass is 10.7. The van der Waals surface area contributed by atoms with Gasteiger partial charge in [0.1, 0.15) is 6.20 Å². The van der Waals surface area contributed by atoms with Crippen LogP contribution in [0, 0.1) is 0 Å². The Kier molecular flexibility index (Phi) is 1.15. The van der Waals surface area contributed by atoms with E-state index in [-0.39, 0.29) is 5.88 Å². The largest absolute Gasteiger partial charge is 0.492 e. The van der Waals surface area contributed by atoms with Crippen molar-refractivity contribution in [1.82, 2.24) is 15.0 Å². The zero-order valence-corrected chi connectivity index (χ0v) is 4.57. The number of nitrogens with zero attached hydrogens (tertiary/aromatic N) is 3. The van der Waals surface area contributed by atoms with E-state index < -0.39 is 0 Å². The van der Waals surface area contributed by atoms with Gasteiger partial charge >= 0.3 is 0 Å². The van der Waals surface area contributed by atoms with Crippen LogP contribution in [-0.2, 0) is 6.54 Å². The molecule has 1 rings (SSSR count). The van der Waals surface area contributed by atoms with Gasteiger partial charge in [-0.25, -0.2) is 4.68 Å². The monoisotopic (exact) mass is 113 g/mol. The van der Waals surface area contributed by atoms with Crippen molar-refractivity contribution in [3.8, 4) is 5.88 Å². The van der Waals surface area contributed by atoms with Crippen LogP contribution < -0.4 is 0 Å². The second-order valence-corrected chi connectivity index (χ2v) is 1.41. The van der Waals surface area contributed by atoms with Crippen molar-refractivity contribution in [2.75, 3.05) is 0 Å². The molecule has 1 aromatic rings. The van der Waals surface area contributed by atoms with E-state index in [1.54, 1.807) is 0 Å². The number of hydrogen-bond donors (Lipinski definition) is 1. The molecule has 8 heavy (non-hydrogen) atoms. The number of aromatic hydroxyl groups is 1. The van der Waals surface area contributed by atoms with Crippen molar-refractivity contribution in [2.24, 2.45) is 0 Å². The molecule has 0 atom stereocenters. The molecule has 0 saturated carbocycles. The van der Waals surface area contributed by atoms with Crippen molar-refractivity contribution in [3.63, 3.8) is 0 Å². The van der Waals surface area contributed by atoms with Gasteiger partial charge in [-0.2, -0.15) is 0 Å². The average Bonchev–Trinajstić information content (AvgIpc) is 2.14. The van der Waals surface area contributed by atoms with Crippen LogP contribution in [0.15, 0.2) is 6.20 Å². The number of aryl methyl sites for hydroxylation is 1. The van der Waals surface area contributed by atoms with Gasteiger partial charge in [-0.15, -0.1) is 5.10 Å². The van der Waals surface area contributed by atoms with Crippen LogP contribution in [0.5, 0.6) is 5.88 Å². The summed E-state index contributed by atoms with van der Waals surface area (Å²) in [6.45, 7) is 2.54. The lowest BCUT2D eigenvalue weighted by Gasteiger charge is -1.90. The maximum atomic E-state index is 8.79. The van der Waals surface area contributed by atoms with Crippen LogP contribution in [0.3, 0.4) is 0 Å². The molecular formula is C4H7N3O. The first kappa shape index (κ1) is 5.08. The molecule has 0 fully saturated rings. The van der Waals surface area contributed by atoms with Crippen LogP contribution in [0.1, 0.15) is 6.92 Å². The van der Waals surface area contributed by atoms with E-state index >= 15 is 0 Å². The van der Waals surface area contributed by atoms with Crippen LogP contribution in [0.25, 0.3) is 0 Å². The third-order valence-corrected chi connectivity index (χ3v) is 0.897. The Hall–Kier alpha value is -1.06. The predicted molar refractivity (Wildman–Crippen MR) is 27.4 cm³/mol. The normalized spacial score (nSPS) is 9.62. The van der Waals surface area contributed by atoms with E-state index in [0.717, 1.165) is 0 Å². The Bertz CT molecular complexity index is 172. The predicted octanol–water partition coefficient (Wildman–Crippen LogP) is 0.00360. The summed E-state index contributed by atoms with van der Waals surface area (Å²) in [4.78, 5) is 0. The fourth-order valence-electron chi connectivity index (χ4n) is 0.478. The first-order valence-electron chi connectivity index (χ1n) is 2.42. The van der Waals surface area contributed by atoms with Gasteiger partial charge in [0.15, 0.2) is 0 Å². The van der Waals surface area contributed by atoms with E-state index in [1.165, 1.54) is 10.9 Å². The quantitative estimate of drug-likeness (QED) is 0.557. The summed E-state index contributed by atoms with van der Waals surface area (Å²) in [5.74, 6) is 0.118. The third-order valence-electron chi connectivity index (χ3n) is 0.897. The van der Waals surface area contributed by atoms with E-state index in [9.17, 15) is 0 Å². The molecule has 1 heterocycles. The summed E-state index contributed by atoms with van der Waals surface area (Å²) in [5.41, 5.74) is 0. The van der Waals surface area contributed by atoms with Crippen molar-refractivity contribution < 1.29 is 5.11 Å². The fourth-order valence-corrected chi connectivity index (χ4v) is 0.478. The molecule has 0 aliphatic rings. The van der Waals surface area contributed by atoms with Crippen molar-refractivity contribution in [2.45, 2.75) is 13.5 Å². The lowest BCUT2D eigenvalue weighted by molar-refractivity contribution is 0.404.